The number of nitrogens with zero attached hydrogens (tertiary/aromatic N) is 1. The highest BCUT2D eigenvalue weighted by atomic mass is 19.1. The van der Waals surface area contributed by atoms with E-state index in [2.05, 4.69) is 5.32 Å². The number of benzene rings is 1. The molecule has 0 aliphatic rings. The first-order valence-electron chi connectivity index (χ1n) is 4.71. The number of methoxy groups -OCH3 is 1. The first kappa shape index (κ1) is 13.0. The van der Waals surface area contributed by atoms with Crippen molar-refractivity contribution in [1.29, 1.82) is 0 Å². The zero-order chi connectivity index (χ0) is 13.0. The number of nitrogens with one attached hydrogen (secondary N) is 1. The maximum absolute atomic E-state index is 13.5. The van der Waals surface area contributed by atoms with E-state index in [9.17, 15) is 19.3 Å². The number of hydrogen-bond donors (Lipinski definition) is 1. The van der Waals surface area contributed by atoms with E-state index in [1.165, 1.54) is 14.2 Å². The molecule has 0 fully saturated rings. The van der Waals surface area contributed by atoms with Crippen molar-refractivity contribution < 1.29 is 18.8 Å². The van der Waals surface area contributed by atoms with Crippen molar-refractivity contribution in [3.63, 3.8) is 0 Å². The number of carbonyl (C=O) groups is 1. The fourth-order valence-electron chi connectivity index (χ4n) is 1.35. The van der Waals surface area contributed by atoms with Gasteiger partial charge in [-0.05, 0) is 7.05 Å². The molecule has 1 rings (SSSR count). The van der Waals surface area contributed by atoms with E-state index in [4.69, 9.17) is 4.74 Å². The van der Waals surface area contributed by atoms with Gasteiger partial charge in [0.15, 0.2) is 17.3 Å². The highest BCUT2D eigenvalue weighted by molar-refractivity contribution is 6.00. The molecule has 0 saturated carbocycles. The summed E-state index contributed by atoms with van der Waals surface area (Å²) in [4.78, 5) is 21.4. The standard InChI is InChI=1S/C10H11FN2O4/c1-12-5-9(14)7-3-6(13(15)16)4-8(11)10(7)17-2/h3-4,12H,5H2,1-2H3. The van der Waals surface area contributed by atoms with E-state index in [0.717, 1.165) is 12.1 Å². The summed E-state index contributed by atoms with van der Waals surface area (Å²) in [6.45, 7) is -0.0586. The Morgan fingerprint density at radius 3 is 2.71 bits per heavy atom. The first-order chi connectivity index (χ1) is 8.01. The minimum atomic E-state index is -0.929. The number of likely N-dealkylation sites (N-methyl/N-ethyl adjacent to an activating group) is 1. The number of carbonyl (C=O) groups excluding carboxylic acids is 1. The molecule has 0 aliphatic heterocycles. The molecule has 1 aromatic rings. The second kappa shape index (κ2) is 5.35. The summed E-state index contributed by atoms with van der Waals surface area (Å²) in [5, 5.41) is 13.1. The molecule has 0 heterocycles. The van der Waals surface area contributed by atoms with E-state index in [1.54, 1.807) is 0 Å². The summed E-state index contributed by atoms with van der Waals surface area (Å²) in [6.07, 6.45) is 0. The van der Waals surface area contributed by atoms with Crippen LogP contribution in [0.5, 0.6) is 5.75 Å². The molecule has 0 saturated heterocycles. The van der Waals surface area contributed by atoms with Crippen LogP contribution in [0.25, 0.3) is 0 Å². The van der Waals surface area contributed by atoms with Crippen LogP contribution >= 0.6 is 0 Å². The summed E-state index contributed by atoms with van der Waals surface area (Å²) < 4.78 is 18.2. The van der Waals surface area contributed by atoms with Gasteiger partial charge in [-0.25, -0.2) is 4.39 Å². The fourth-order valence-corrected chi connectivity index (χ4v) is 1.35. The Morgan fingerprint density at radius 1 is 1.59 bits per heavy atom. The van der Waals surface area contributed by atoms with Crippen LogP contribution in [0.1, 0.15) is 10.4 Å². The number of hydrogen-bond acceptors (Lipinski definition) is 5. The van der Waals surface area contributed by atoms with Crippen LogP contribution in [-0.2, 0) is 0 Å². The molecular weight excluding hydrogens is 231 g/mol. The molecule has 1 N–H and O–H groups in total. The van der Waals surface area contributed by atoms with Crippen LogP contribution in [0.3, 0.4) is 0 Å². The Kier molecular flexibility index (Phi) is 4.11. The van der Waals surface area contributed by atoms with Crippen LogP contribution in [0.4, 0.5) is 10.1 Å². The third-order valence-corrected chi connectivity index (χ3v) is 2.08. The number of ether oxygens (including phenoxy) is 1. The molecule has 92 valence electrons. The van der Waals surface area contributed by atoms with Gasteiger partial charge in [-0.1, -0.05) is 0 Å². The van der Waals surface area contributed by atoms with Gasteiger partial charge in [0.1, 0.15) is 0 Å². The second-order valence-corrected chi connectivity index (χ2v) is 3.22. The Balaban J connectivity index is 3.33. The number of ketones is 1. The lowest BCUT2D eigenvalue weighted by Crippen LogP contribution is -2.19. The Labute approximate surface area is 96.5 Å². The van der Waals surface area contributed by atoms with E-state index in [-0.39, 0.29) is 17.9 Å². The van der Waals surface area contributed by atoms with Gasteiger partial charge in [0, 0.05) is 6.07 Å². The van der Waals surface area contributed by atoms with Crippen molar-refractivity contribution in [1.82, 2.24) is 5.32 Å². The van der Waals surface area contributed by atoms with E-state index in [1.807, 2.05) is 0 Å². The smallest absolute Gasteiger partial charge is 0.273 e. The van der Waals surface area contributed by atoms with Crippen molar-refractivity contribution in [3.8, 4) is 5.75 Å². The predicted molar refractivity (Wildman–Crippen MR) is 57.9 cm³/mol. The van der Waals surface area contributed by atoms with Crippen molar-refractivity contribution in [2.75, 3.05) is 20.7 Å². The summed E-state index contributed by atoms with van der Waals surface area (Å²) in [6, 6.07) is 1.72. The molecule has 6 nitrogen and oxygen atoms in total. The van der Waals surface area contributed by atoms with Gasteiger partial charge < -0.3 is 10.1 Å². The highest BCUT2D eigenvalue weighted by Gasteiger charge is 2.21. The molecule has 0 unspecified atom stereocenters. The molecule has 0 radical (unpaired) electrons. The summed E-state index contributed by atoms with van der Waals surface area (Å²) in [5.74, 6) is -1.69. The monoisotopic (exact) mass is 242 g/mol. The largest absolute Gasteiger partial charge is 0.493 e. The van der Waals surface area contributed by atoms with Crippen LogP contribution in [-0.4, -0.2) is 31.4 Å². The number of halogens is 1. The first-order valence-corrected chi connectivity index (χ1v) is 4.71. The molecule has 0 aliphatic carbocycles. The highest BCUT2D eigenvalue weighted by Crippen LogP contribution is 2.28. The van der Waals surface area contributed by atoms with Gasteiger partial charge in [0.05, 0.1) is 30.2 Å². The van der Waals surface area contributed by atoms with Crippen LogP contribution in [0.15, 0.2) is 12.1 Å². The average molecular weight is 242 g/mol. The maximum Gasteiger partial charge on any atom is 0.273 e. The van der Waals surface area contributed by atoms with Gasteiger partial charge in [-0.2, -0.15) is 0 Å². The topological polar surface area (TPSA) is 81.5 Å². The Hall–Kier alpha value is -2.02. The summed E-state index contributed by atoms with van der Waals surface area (Å²) in [5.41, 5.74) is -0.628. The quantitative estimate of drug-likeness (QED) is 0.475. The second-order valence-electron chi connectivity index (χ2n) is 3.22. The number of nitro benzene ring substituents is 1. The summed E-state index contributed by atoms with van der Waals surface area (Å²) in [7, 11) is 2.73. The minimum Gasteiger partial charge on any atom is -0.493 e. The fraction of sp³-hybridized carbons (Fsp3) is 0.300. The molecule has 17 heavy (non-hydrogen) atoms. The van der Waals surface area contributed by atoms with Gasteiger partial charge >= 0.3 is 0 Å². The number of Topliss-reactive ketones (excluding diaryl/α,β-unsaturated/α-hetero) is 1. The number of nitro groups is 1. The molecule has 7 heteroatoms. The third-order valence-electron chi connectivity index (χ3n) is 2.08. The maximum atomic E-state index is 13.5. The normalized spacial score (nSPS) is 10.1. The van der Waals surface area contributed by atoms with Gasteiger partial charge in [0.25, 0.3) is 5.69 Å². The Morgan fingerprint density at radius 2 is 2.24 bits per heavy atom. The van der Waals surface area contributed by atoms with Crippen LogP contribution < -0.4 is 10.1 Å². The zero-order valence-corrected chi connectivity index (χ0v) is 9.32. The Bertz CT molecular complexity index is 462. The average Bonchev–Trinajstić information content (AvgIpc) is 2.28. The van der Waals surface area contributed by atoms with E-state index >= 15 is 0 Å². The molecule has 0 bridgehead atoms. The molecular formula is C10H11FN2O4. The van der Waals surface area contributed by atoms with Gasteiger partial charge in [0.2, 0.25) is 0 Å². The zero-order valence-electron chi connectivity index (χ0n) is 9.32. The van der Waals surface area contributed by atoms with Crippen molar-refractivity contribution in [3.05, 3.63) is 33.6 Å². The lowest BCUT2D eigenvalue weighted by Gasteiger charge is -2.08. The van der Waals surface area contributed by atoms with E-state index < -0.39 is 22.2 Å². The third kappa shape index (κ3) is 2.76. The predicted octanol–water partition coefficient (Wildman–Crippen LogP) is 1.14. The van der Waals surface area contributed by atoms with Crippen molar-refractivity contribution >= 4 is 11.5 Å². The van der Waals surface area contributed by atoms with Crippen LogP contribution in [0, 0.1) is 15.9 Å². The molecule has 0 atom stereocenters. The van der Waals surface area contributed by atoms with E-state index in [0.29, 0.717) is 0 Å². The SMILES string of the molecule is CNCC(=O)c1cc([N+](=O)[O-])cc(F)c1OC. The lowest BCUT2D eigenvalue weighted by molar-refractivity contribution is -0.385. The van der Waals surface area contributed by atoms with Crippen molar-refractivity contribution in [2.45, 2.75) is 0 Å². The molecule has 0 spiro atoms. The molecule has 1 aromatic carbocycles. The molecule has 0 aromatic heterocycles. The number of rotatable bonds is 5. The van der Waals surface area contributed by atoms with Crippen molar-refractivity contribution in [2.24, 2.45) is 0 Å². The molecule has 0 amide bonds. The van der Waals surface area contributed by atoms with Gasteiger partial charge in [-0.3, -0.25) is 14.9 Å². The summed E-state index contributed by atoms with van der Waals surface area (Å²) >= 11 is 0. The number of non-ortho nitro benzene ring substituents is 1. The van der Waals surface area contributed by atoms with Gasteiger partial charge in [-0.15, -0.1) is 0 Å². The lowest BCUT2D eigenvalue weighted by atomic mass is 10.1. The minimum absolute atomic E-state index is 0.0586. The van der Waals surface area contributed by atoms with Crippen LogP contribution in [0.2, 0.25) is 0 Å².